The zero-order chi connectivity index (χ0) is 17.6. The Balaban J connectivity index is 1.70. The molecule has 0 unspecified atom stereocenters. The standard InChI is InChI=1S/C19H18Cl2N4/c1-13-12-17(24-18-15(20)8-5-9-16(18)21)25-19(23-13)22-11-10-14-6-3-2-4-7-14/h2-9,12H,10-11H2,1H3,(H2,22,23,24,25). The van der Waals surface area contributed by atoms with Crippen molar-refractivity contribution in [1.82, 2.24) is 9.97 Å². The van der Waals surface area contributed by atoms with E-state index in [0.717, 1.165) is 18.7 Å². The summed E-state index contributed by atoms with van der Waals surface area (Å²) in [5.41, 5.74) is 2.76. The Labute approximate surface area is 157 Å². The molecule has 6 heteroatoms. The Morgan fingerprint density at radius 2 is 1.64 bits per heavy atom. The van der Waals surface area contributed by atoms with Crippen molar-refractivity contribution in [3.8, 4) is 0 Å². The molecule has 25 heavy (non-hydrogen) atoms. The fraction of sp³-hybridized carbons (Fsp3) is 0.158. The predicted molar refractivity (Wildman–Crippen MR) is 105 cm³/mol. The Morgan fingerprint density at radius 1 is 0.920 bits per heavy atom. The molecule has 2 aromatic carbocycles. The van der Waals surface area contributed by atoms with Gasteiger partial charge in [-0.3, -0.25) is 0 Å². The summed E-state index contributed by atoms with van der Waals surface area (Å²) < 4.78 is 0. The van der Waals surface area contributed by atoms with E-state index in [4.69, 9.17) is 23.2 Å². The molecule has 2 N–H and O–H groups in total. The summed E-state index contributed by atoms with van der Waals surface area (Å²) in [5.74, 6) is 1.21. The van der Waals surface area contributed by atoms with E-state index in [0.29, 0.717) is 27.5 Å². The molecule has 0 radical (unpaired) electrons. The fourth-order valence-corrected chi connectivity index (χ4v) is 2.91. The maximum absolute atomic E-state index is 6.20. The maximum Gasteiger partial charge on any atom is 0.224 e. The number of halogens is 2. The lowest BCUT2D eigenvalue weighted by molar-refractivity contribution is 0.976. The third-order valence-corrected chi connectivity index (χ3v) is 4.24. The molecule has 3 rings (SSSR count). The van der Waals surface area contributed by atoms with Crippen LogP contribution < -0.4 is 10.6 Å². The highest BCUT2D eigenvalue weighted by Crippen LogP contribution is 2.32. The molecular weight excluding hydrogens is 355 g/mol. The molecule has 1 aromatic heterocycles. The fourth-order valence-electron chi connectivity index (χ4n) is 2.42. The van der Waals surface area contributed by atoms with E-state index >= 15 is 0 Å². The van der Waals surface area contributed by atoms with Crippen LogP contribution in [-0.4, -0.2) is 16.5 Å². The zero-order valence-corrected chi connectivity index (χ0v) is 15.3. The summed E-state index contributed by atoms with van der Waals surface area (Å²) >= 11 is 12.4. The number of nitrogens with zero attached hydrogens (tertiary/aromatic N) is 2. The number of para-hydroxylation sites is 1. The molecule has 128 valence electrons. The second kappa shape index (κ2) is 8.19. The average molecular weight is 373 g/mol. The van der Waals surface area contributed by atoms with Gasteiger partial charge in [0.05, 0.1) is 15.7 Å². The quantitative estimate of drug-likeness (QED) is 0.600. The van der Waals surface area contributed by atoms with Gasteiger partial charge in [-0.15, -0.1) is 0 Å². The van der Waals surface area contributed by atoms with Gasteiger partial charge in [0, 0.05) is 18.3 Å². The molecule has 0 saturated carbocycles. The first-order valence-corrected chi connectivity index (χ1v) is 8.72. The zero-order valence-electron chi connectivity index (χ0n) is 13.8. The lowest BCUT2D eigenvalue weighted by atomic mass is 10.1. The van der Waals surface area contributed by atoms with Crippen molar-refractivity contribution in [1.29, 1.82) is 0 Å². The molecule has 4 nitrogen and oxygen atoms in total. The van der Waals surface area contributed by atoms with Crippen LogP contribution in [-0.2, 0) is 6.42 Å². The van der Waals surface area contributed by atoms with Gasteiger partial charge < -0.3 is 10.6 Å². The van der Waals surface area contributed by atoms with Gasteiger partial charge in [0.1, 0.15) is 5.82 Å². The van der Waals surface area contributed by atoms with Crippen LogP contribution >= 0.6 is 23.2 Å². The second-order valence-corrected chi connectivity index (χ2v) is 6.42. The minimum atomic E-state index is 0.544. The van der Waals surface area contributed by atoms with E-state index in [1.165, 1.54) is 5.56 Å². The summed E-state index contributed by atoms with van der Waals surface area (Å²) in [7, 11) is 0. The molecule has 0 bridgehead atoms. The van der Waals surface area contributed by atoms with Gasteiger partial charge in [0.2, 0.25) is 5.95 Å². The number of anilines is 3. The molecule has 0 aliphatic heterocycles. The van der Waals surface area contributed by atoms with Crippen LogP contribution in [0.1, 0.15) is 11.3 Å². The molecule has 0 saturated heterocycles. The van der Waals surface area contributed by atoms with Crippen molar-refractivity contribution in [2.45, 2.75) is 13.3 Å². The topological polar surface area (TPSA) is 49.8 Å². The average Bonchev–Trinajstić information content (AvgIpc) is 2.59. The van der Waals surface area contributed by atoms with Crippen molar-refractivity contribution in [2.24, 2.45) is 0 Å². The summed E-state index contributed by atoms with van der Waals surface area (Å²) in [6.45, 7) is 2.67. The van der Waals surface area contributed by atoms with Gasteiger partial charge in [-0.2, -0.15) is 4.98 Å². The third-order valence-electron chi connectivity index (χ3n) is 3.61. The highest BCUT2D eigenvalue weighted by Gasteiger charge is 2.08. The molecule has 0 atom stereocenters. The Hall–Kier alpha value is -2.30. The minimum absolute atomic E-state index is 0.544. The van der Waals surface area contributed by atoms with Crippen LogP contribution in [0.25, 0.3) is 0 Å². The lowest BCUT2D eigenvalue weighted by Gasteiger charge is -2.12. The van der Waals surface area contributed by atoms with Crippen molar-refractivity contribution in [3.63, 3.8) is 0 Å². The van der Waals surface area contributed by atoms with E-state index in [1.54, 1.807) is 18.2 Å². The first-order valence-electron chi connectivity index (χ1n) is 7.96. The van der Waals surface area contributed by atoms with Gasteiger partial charge in [0.25, 0.3) is 0 Å². The predicted octanol–water partition coefficient (Wildman–Crippen LogP) is 5.49. The van der Waals surface area contributed by atoms with Crippen LogP contribution in [0, 0.1) is 6.92 Å². The number of aromatic nitrogens is 2. The number of benzene rings is 2. The Kier molecular flexibility index (Phi) is 5.74. The number of hydrogen-bond donors (Lipinski definition) is 2. The largest absolute Gasteiger partial charge is 0.354 e. The first kappa shape index (κ1) is 17.5. The van der Waals surface area contributed by atoms with Crippen LogP contribution in [0.15, 0.2) is 54.6 Å². The van der Waals surface area contributed by atoms with Crippen LogP contribution in [0.5, 0.6) is 0 Å². The highest BCUT2D eigenvalue weighted by atomic mass is 35.5. The Morgan fingerprint density at radius 3 is 2.36 bits per heavy atom. The SMILES string of the molecule is Cc1cc(Nc2c(Cl)cccc2Cl)nc(NCCc2ccccc2)n1. The smallest absolute Gasteiger partial charge is 0.224 e. The third kappa shape index (κ3) is 4.84. The van der Waals surface area contributed by atoms with Gasteiger partial charge >= 0.3 is 0 Å². The van der Waals surface area contributed by atoms with Crippen LogP contribution in [0.4, 0.5) is 17.5 Å². The molecule has 0 amide bonds. The van der Waals surface area contributed by atoms with E-state index < -0.39 is 0 Å². The lowest BCUT2D eigenvalue weighted by Crippen LogP contribution is -2.09. The van der Waals surface area contributed by atoms with Crippen molar-refractivity contribution >= 4 is 40.7 Å². The van der Waals surface area contributed by atoms with E-state index in [-0.39, 0.29) is 0 Å². The van der Waals surface area contributed by atoms with Gasteiger partial charge in [0.15, 0.2) is 0 Å². The summed E-state index contributed by atoms with van der Waals surface area (Å²) in [6.07, 6.45) is 0.900. The maximum atomic E-state index is 6.20. The van der Waals surface area contributed by atoms with Gasteiger partial charge in [-0.25, -0.2) is 4.98 Å². The van der Waals surface area contributed by atoms with Crippen molar-refractivity contribution < 1.29 is 0 Å². The molecular formula is C19H18Cl2N4. The number of nitrogens with one attached hydrogen (secondary N) is 2. The Bertz CT molecular complexity index is 833. The number of rotatable bonds is 6. The van der Waals surface area contributed by atoms with Gasteiger partial charge in [-0.05, 0) is 31.0 Å². The van der Waals surface area contributed by atoms with Crippen LogP contribution in [0.2, 0.25) is 10.0 Å². The van der Waals surface area contributed by atoms with Crippen molar-refractivity contribution in [2.75, 3.05) is 17.2 Å². The molecule has 0 aliphatic carbocycles. The molecule has 0 spiro atoms. The van der Waals surface area contributed by atoms with E-state index in [9.17, 15) is 0 Å². The normalized spacial score (nSPS) is 10.5. The summed E-state index contributed by atoms with van der Waals surface area (Å²) in [4.78, 5) is 8.91. The van der Waals surface area contributed by atoms with E-state index in [2.05, 4.69) is 32.7 Å². The second-order valence-electron chi connectivity index (χ2n) is 5.60. The van der Waals surface area contributed by atoms with Crippen LogP contribution in [0.3, 0.4) is 0 Å². The van der Waals surface area contributed by atoms with Gasteiger partial charge in [-0.1, -0.05) is 59.6 Å². The molecule has 0 aliphatic rings. The van der Waals surface area contributed by atoms with E-state index in [1.807, 2.05) is 31.2 Å². The minimum Gasteiger partial charge on any atom is -0.354 e. The molecule has 1 heterocycles. The molecule has 3 aromatic rings. The highest BCUT2D eigenvalue weighted by molar-refractivity contribution is 6.39. The number of hydrogen-bond acceptors (Lipinski definition) is 4. The summed E-state index contributed by atoms with van der Waals surface area (Å²) in [6, 6.07) is 17.5. The number of aryl methyl sites for hydroxylation is 1. The first-order chi connectivity index (χ1) is 12.1. The monoisotopic (exact) mass is 372 g/mol. The molecule has 0 fully saturated rings. The summed E-state index contributed by atoms with van der Waals surface area (Å²) in [5, 5.41) is 7.52. The van der Waals surface area contributed by atoms with Crippen molar-refractivity contribution in [3.05, 3.63) is 75.9 Å².